The van der Waals surface area contributed by atoms with E-state index < -0.39 is 0 Å². The van der Waals surface area contributed by atoms with Crippen LogP contribution in [0.5, 0.6) is 11.5 Å². The minimum atomic E-state index is -0.143. The molecule has 2 aromatic rings. The lowest BCUT2D eigenvalue weighted by Gasteiger charge is -2.15. The van der Waals surface area contributed by atoms with Crippen LogP contribution < -0.4 is 14.8 Å². The summed E-state index contributed by atoms with van der Waals surface area (Å²) in [6.45, 7) is 2.32. The molecule has 0 saturated heterocycles. The number of pyridine rings is 1. The number of aromatic nitrogens is 1. The number of carbonyl (C=O) groups excluding carboxylic acids is 1. The number of methoxy groups -OCH3 is 1. The summed E-state index contributed by atoms with van der Waals surface area (Å²) in [7, 11) is 1.62. The van der Waals surface area contributed by atoms with E-state index in [1.54, 1.807) is 25.4 Å². The van der Waals surface area contributed by atoms with Gasteiger partial charge in [-0.2, -0.15) is 0 Å². The van der Waals surface area contributed by atoms with Gasteiger partial charge in [-0.1, -0.05) is 17.7 Å². The highest BCUT2D eigenvalue weighted by Gasteiger charge is 2.08. The minimum absolute atomic E-state index is 0.0840. The van der Waals surface area contributed by atoms with E-state index in [1.165, 1.54) is 0 Å². The lowest BCUT2D eigenvalue weighted by molar-refractivity contribution is -0.120. The summed E-state index contributed by atoms with van der Waals surface area (Å²) in [6.07, 6.45) is 1.72. The standard InChI is InChI=1S/C17H19ClN2O3/c1-12(23-15-6-4-14(22-2)5-7-15)10-20-17(21)9-13-3-8-16(18)19-11-13/h3-8,11-12H,9-10H2,1-2H3,(H,20,21)/t12-/m0/s1. The van der Waals surface area contributed by atoms with Crippen molar-refractivity contribution in [1.29, 1.82) is 0 Å². The zero-order valence-electron chi connectivity index (χ0n) is 13.1. The molecule has 2 rings (SSSR count). The molecule has 0 radical (unpaired) electrons. The second-order valence-electron chi connectivity index (χ2n) is 5.07. The van der Waals surface area contributed by atoms with Crippen molar-refractivity contribution in [2.75, 3.05) is 13.7 Å². The predicted octanol–water partition coefficient (Wildman–Crippen LogP) is 2.87. The Balaban J connectivity index is 1.75. The van der Waals surface area contributed by atoms with Gasteiger partial charge in [-0.05, 0) is 42.8 Å². The summed E-state index contributed by atoms with van der Waals surface area (Å²) in [6, 6.07) is 10.8. The Morgan fingerprint density at radius 3 is 2.52 bits per heavy atom. The van der Waals surface area contributed by atoms with Crippen LogP contribution in [0, 0.1) is 0 Å². The van der Waals surface area contributed by atoms with E-state index in [9.17, 15) is 4.79 Å². The average molecular weight is 335 g/mol. The van der Waals surface area contributed by atoms with E-state index in [-0.39, 0.29) is 18.4 Å². The van der Waals surface area contributed by atoms with Crippen LogP contribution in [0.25, 0.3) is 0 Å². The lowest BCUT2D eigenvalue weighted by Crippen LogP contribution is -2.34. The molecule has 0 unspecified atom stereocenters. The minimum Gasteiger partial charge on any atom is -0.497 e. The van der Waals surface area contributed by atoms with Crippen LogP contribution >= 0.6 is 11.6 Å². The van der Waals surface area contributed by atoms with Gasteiger partial charge in [0, 0.05) is 6.20 Å². The normalized spacial score (nSPS) is 11.6. The third-order valence-electron chi connectivity index (χ3n) is 3.14. The molecule has 122 valence electrons. The van der Waals surface area contributed by atoms with E-state index in [4.69, 9.17) is 21.1 Å². The molecule has 1 atom stereocenters. The zero-order chi connectivity index (χ0) is 16.7. The van der Waals surface area contributed by atoms with Gasteiger partial charge in [0.25, 0.3) is 0 Å². The zero-order valence-corrected chi connectivity index (χ0v) is 13.8. The van der Waals surface area contributed by atoms with Gasteiger partial charge in [0.15, 0.2) is 0 Å². The van der Waals surface area contributed by atoms with Crippen LogP contribution in [0.15, 0.2) is 42.6 Å². The molecule has 0 fully saturated rings. The molecule has 1 aromatic heterocycles. The first kappa shape index (κ1) is 17.1. The van der Waals surface area contributed by atoms with Crippen LogP contribution in [0.1, 0.15) is 12.5 Å². The number of rotatable bonds is 7. The SMILES string of the molecule is COc1ccc(O[C@@H](C)CNC(=O)Cc2ccc(Cl)nc2)cc1. The van der Waals surface area contributed by atoms with Crippen LogP contribution in [0.2, 0.25) is 5.15 Å². The Bertz CT molecular complexity index is 629. The number of ether oxygens (including phenoxy) is 2. The molecule has 1 heterocycles. The Labute approximate surface area is 140 Å². The Kier molecular flexibility index (Phi) is 6.23. The quantitative estimate of drug-likeness (QED) is 0.791. The largest absolute Gasteiger partial charge is 0.497 e. The molecule has 0 spiro atoms. The lowest BCUT2D eigenvalue weighted by atomic mass is 10.2. The fourth-order valence-corrected chi connectivity index (χ4v) is 2.06. The molecule has 1 aromatic carbocycles. The summed E-state index contributed by atoms with van der Waals surface area (Å²) in [5.74, 6) is 1.42. The predicted molar refractivity (Wildman–Crippen MR) is 89.0 cm³/mol. The highest BCUT2D eigenvalue weighted by molar-refractivity contribution is 6.29. The Morgan fingerprint density at radius 2 is 1.91 bits per heavy atom. The van der Waals surface area contributed by atoms with Crippen molar-refractivity contribution in [3.05, 3.63) is 53.3 Å². The third kappa shape index (κ3) is 5.79. The van der Waals surface area contributed by atoms with Gasteiger partial charge < -0.3 is 14.8 Å². The molecule has 1 amide bonds. The van der Waals surface area contributed by atoms with E-state index in [1.807, 2.05) is 31.2 Å². The maximum absolute atomic E-state index is 11.9. The molecule has 5 nitrogen and oxygen atoms in total. The smallest absolute Gasteiger partial charge is 0.224 e. The van der Waals surface area contributed by atoms with Gasteiger partial charge in [0.2, 0.25) is 5.91 Å². The Morgan fingerprint density at radius 1 is 1.22 bits per heavy atom. The molecular formula is C17H19ClN2O3. The first-order valence-corrected chi connectivity index (χ1v) is 7.62. The van der Waals surface area contributed by atoms with Crippen LogP contribution in [-0.4, -0.2) is 30.6 Å². The average Bonchev–Trinajstić information content (AvgIpc) is 2.56. The summed E-state index contributed by atoms with van der Waals surface area (Å²) in [4.78, 5) is 15.8. The van der Waals surface area contributed by atoms with Crippen molar-refractivity contribution in [3.8, 4) is 11.5 Å². The number of amides is 1. The molecule has 6 heteroatoms. The van der Waals surface area contributed by atoms with Crippen molar-refractivity contribution in [1.82, 2.24) is 10.3 Å². The first-order valence-electron chi connectivity index (χ1n) is 7.24. The molecule has 0 aliphatic heterocycles. The van der Waals surface area contributed by atoms with Gasteiger partial charge in [0.05, 0.1) is 20.1 Å². The van der Waals surface area contributed by atoms with E-state index >= 15 is 0 Å². The van der Waals surface area contributed by atoms with E-state index in [0.717, 1.165) is 17.1 Å². The van der Waals surface area contributed by atoms with Crippen LogP contribution in [0.3, 0.4) is 0 Å². The number of hydrogen-bond donors (Lipinski definition) is 1. The monoisotopic (exact) mass is 334 g/mol. The molecule has 1 N–H and O–H groups in total. The number of benzene rings is 1. The number of nitrogens with one attached hydrogen (secondary N) is 1. The fourth-order valence-electron chi connectivity index (χ4n) is 1.94. The second-order valence-corrected chi connectivity index (χ2v) is 5.46. The number of nitrogens with zero attached hydrogens (tertiary/aromatic N) is 1. The van der Waals surface area contributed by atoms with E-state index in [0.29, 0.717) is 11.7 Å². The van der Waals surface area contributed by atoms with Gasteiger partial charge >= 0.3 is 0 Å². The highest BCUT2D eigenvalue weighted by atomic mass is 35.5. The van der Waals surface area contributed by atoms with Crippen LogP contribution in [-0.2, 0) is 11.2 Å². The highest BCUT2D eigenvalue weighted by Crippen LogP contribution is 2.18. The number of halogens is 1. The second kappa shape index (κ2) is 8.39. The summed E-state index contributed by atoms with van der Waals surface area (Å²) in [5.41, 5.74) is 0.815. The molecule has 23 heavy (non-hydrogen) atoms. The summed E-state index contributed by atoms with van der Waals surface area (Å²) >= 11 is 5.71. The van der Waals surface area contributed by atoms with Gasteiger partial charge in [-0.3, -0.25) is 4.79 Å². The Hall–Kier alpha value is -2.27. The molecule has 0 aliphatic rings. The number of hydrogen-bond acceptors (Lipinski definition) is 4. The fraction of sp³-hybridized carbons (Fsp3) is 0.294. The van der Waals surface area contributed by atoms with Crippen molar-refractivity contribution in [2.45, 2.75) is 19.4 Å². The van der Waals surface area contributed by atoms with Gasteiger partial charge in [-0.25, -0.2) is 4.98 Å². The topological polar surface area (TPSA) is 60.5 Å². The van der Waals surface area contributed by atoms with Gasteiger partial charge in [-0.15, -0.1) is 0 Å². The van der Waals surface area contributed by atoms with Crippen molar-refractivity contribution < 1.29 is 14.3 Å². The maximum atomic E-state index is 11.9. The summed E-state index contributed by atoms with van der Waals surface area (Å²) in [5, 5.41) is 3.25. The van der Waals surface area contributed by atoms with Gasteiger partial charge in [0.1, 0.15) is 22.8 Å². The van der Waals surface area contributed by atoms with Crippen molar-refractivity contribution in [2.24, 2.45) is 0 Å². The molecule has 0 bridgehead atoms. The van der Waals surface area contributed by atoms with E-state index in [2.05, 4.69) is 10.3 Å². The molecule has 0 saturated carbocycles. The van der Waals surface area contributed by atoms with Crippen molar-refractivity contribution in [3.63, 3.8) is 0 Å². The molecule has 0 aliphatic carbocycles. The summed E-state index contributed by atoms with van der Waals surface area (Å²) < 4.78 is 10.8. The number of carbonyl (C=O) groups is 1. The van der Waals surface area contributed by atoms with Crippen LogP contribution in [0.4, 0.5) is 0 Å². The third-order valence-corrected chi connectivity index (χ3v) is 3.36. The molecular weight excluding hydrogens is 316 g/mol. The first-order chi connectivity index (χ1) is 11.1. The maximum Gasteiger partial charge on any atom is 0.224 e. The van der Waals surface area contributed by atoms with Crippen molar-refractivity contribution >= 4 is 17.5 Å².